The third-order valence-corrected chi connectivity index (χ3v) is 10.6. The molecule has 68 heavy (non-hydrogen) atoms. The number of rotatable bonds is 7. The van der Waals surface area contributed by atoms with E-state index < -0.39 is 74.9 Å². The molecule has 2 fully saturated rings. The summed E-state index contributed by atoms with van der Waals surface area (Å²) in [7, 11) is 0. The number of benzene rings is 4. The predicted octanol–water partition coefficient (Wildman–Crippen LogP) is 8.32. The second-order valence-electron chi connectivity index (χ2n) is 17.8. The van der Waals surface area contributed by atoms with Gasteiger partial charge in [0.05, 0.1) is 77.8 Å². The molecular formula is C48H50F6N8O6. The molecule has 4 aromatic carbocycles. The maximum atomic E-state index is 15.2. The van der Waals surface area contributed by atoms with Crippen LogP contribution in [0.15, 0.2) is 67.0 Å². The zero-order valence-corrected chi connectivity index (χ0v) is 38.1. The van der Waals surface area contributed by atoms with Crippen molar-refractivity contribution in [2.24, 2.45) is 10.8 Å². The van der Waals surface area contributed by atoms with Crippen molar-refractivity contribution in [2.45, 2.75) is 47.6 Å². The van der Waals surface area contributed by atoms with E-state index in [1.54, 1.807) is 72.1 Å². The van der Waals surface area contributed by atoms with E-state index in [-0.39, 0.29) is 11.3 Å². The Morgan fingerprint density at radius 1 is 0.618 bits per heavy atom. The zero-order valence-electron chi connectivity index (χ0n) is 38.1. The maximum absolute atomic E-state index is 15.2. The Balaban J connectivity index is 0.000000187. The highest BCUT2D eigenvalue weighted by Crippen LogP contribution is 2.34. The van der Waals surface area contributed by atoms with E-state index in [0.29, 0.717) is 80.1 Å². The Bertz CT molecular complexity index is 2810. The first kappa shape index (κ1) is 50.6. The number of amides is 2. The Labute approximate surface area is 387 Å². The molecule has 2 amide bonds. The van der Waals surface area contributed by atoms with Crippen molar-refractivity contribution in [1.82, 2.24) is 19.9 Å². The first-order chi connectivity index (χ1) is 32.1. The summed E-state index contributed by atoms with van der Waals surface area (Å²) in [4.78, 5) is 56.5. The Kier molecular flexibility index (Phi) is 16.0. The molecule has 2 aliphatic heterocycles. The minimum absolute atomic E-state index is 0.0948. The van der Waals surface area contributed by atoms with E-state index in [0.717, 1.165) is 36.2 Å². The summed E-state index contributed by atoms with van der Waals surface area (Å²) in [6.45, 7) is 15.2. The molecule has 2 saturated heterocycles. The lowest BCUT2D eigenvalue weighted by Crippen LogP contribution is -2.36. The highest BCUT2D eigenvalue weighted by atomic mass is 19.2. The number of aromatic nitrogens is 4. The second kappa shape index (κ2) is 21.5. The van der Waals surface area contributed by atoms with Crippen molar-refractivity contribution in [1.29, 1.82) is 0 Å². The first-order valence-electron chi connectivity index (χ1n) is 21.4. The summed E-state index contributed by atoms with van der Waals surface area (Å²) < 4.78 is 93.4. The molecule has 3 N–H and O–H groups in total. The number of hydrogen-bond acceptors (Lipinski definition) is 12. The van der Waals surface area contributed by atoms with Crippen molar-refractivity contribution in [3.05, 3.63) is 119 Å². The number of nitrogens with zero attached hydrogens (tertiary/aromatic N) is 6. The third-order valence-electron chi connectivity index (χ3n) is 10.6. The number of carbonyl (C=O) groups excluding carboxylic acids is 3. The highest BCUT2D eigenvalue weighted by molar-refractivity contribution is 5.95. The molecule has 4 heterocycles. The van der Waals surface area contributed by atoms with Crippen LogP contribution in [0.4, 0.5) is 49.4 Å². The number of fused-ring (bicyclic) bond motifs is 2. The summed E-state index contributed by atoms with van der Waals surface area (Å²) in [5.41, 5.74) is -0.259. The normalized spacial score (nSPS) is 14.6. The SMILES string of the molecule is CC(C)(C)C(=O)Nc1cc(F)c(F)c(C(O)c2ccc3ncc(N4CCOCC4)nc3c2)c1F.CC(C)(C)C(=O)Nc1cc(F)c(F)cc1F.O=Cc1ccc2ncc(N3CCOCC3)nc2c1. The Morgan fingerprint density at radius 3 is 1.60 bits per heavy atom. The Hall–Kier alpha value is -6.77. The second-order valence-corrected chi connectivity index (χ2v) is 17.8. The van der Waals surface area contributed by atoms with Gasteiger partial charge in [0.15, 0.2) is 29.1 Å². The van der Waals surface area contributed by atoms with Crippen molar-refractivity contribution in [3.63, 3.8) is 0 Å². The van der Waals surface area contributed by atoms with Crippen LogP contribution in [-0.4, -0.2) is 95.7 Å². The number of carbonyl (C=O) groups is 3. The maximum Gasteiger partial charge on any atom is 0.229 e. The van der Waals surface area contributed by atoms with Crippen LogP contribution in [0.1, 0.15) is 69.1 Å². The summed E-state index contributed by atoms with van der Waals surface area (Å²) in [5.74, 6) is -7.29. The molecule has 14 nitrogen and oxygen atoms in total. The van der Waals surface area contributed by atoms with Crippen LogP contribution >= 0.6 is 0 Å². The van der Waals surface area contributed by atoms with Gasteiger partial charge in [-0.1, -0.05) is 47.6 Å². The van der Waals surface area contributed by atoms with Gasteiger partial charge in [-0.05, 0) is 35.9 Å². The number of aliphatic hydroxyl groups excluding tert-OH is 1. The van der Waals surface area contributed by atoms with Gasteiger partial charge in [-0.2, -0.15) is 0 Å². The smallest absolute Gasteiger partial charge is 0.229 e. The molecule has 0 spiro atoms. The molecule has 6 aromatic rings. The minimum Gasteiger partial charge on any atom is -0.383 e. The zero-order chi connectivity index (χ0) is 49.5. The van der Waals surface area contributed by atoms with Crippen LogP contribution < -0.4 is 20.4 Å². The molecule has 20 heteroatoms. The highest BCUT2D eigenvalue weighted by Gasteiger charge is 2.29. The summed E-state index contributed by atoms with van der Waals surface area (Å²) in [5, 5.41) is 15.3. The minimum atomic E-state index is -1.85. The number of aliphatic hydroxyl groups is 1. The molecule has 0 radical (unpaired) electrons. The molecule has 0 aliphatic carbocycles. The number of halogens is 6. The molecule has 2 aliphatic rings. The number of ether oxygens (including phenoxy) is 2. The Morgan fingerprint density at radius 2 is 1.09 bits per heavy atom. The fourth-order valence-electron chi connectivity index (χ4n) is 6.53. The number of aldehydes is 1. The van der Waals surface area contributed by atoms with Gasteiger partial charge in [0.25, 0.3) is 0 Å². The number of hydrogen-bond donors (Lipinski definition) is 3. The quantitative estimate of drug-likeness (QED) is 0.0796. The number of nitrogens with one attached hydrogen (secondary N) is 2. The van der Waals surface area contributed by atoms with Gasteiger partial charge in [-0.25, -0.2) is 36.3 Å². The lowest BCUT2D eigenvalue weighted by Gasteiger charge is -2.27. The molecule has 8 rings (SSSR count). The molecule has 0 bridgehead atoms. The standard InChI is InChI=1S/C24H25F3N4O3.C13H13N3O2.C11H12F3NO/c1-24(2,3)23(33)30-17-11-14(25)20(26)19(21(17)27)22(32)13-4-5-15-16(10-13)29-18(12-28-15)31-6-8-34-9-7-31;17-9-10-1-2-11-12(7-10)15-13(8-14-11)16-3-5-18-6-4-16;1-11(2,3)10(16)15-9-5-7(13)6(12)4-8(9)14/h4-5,10-12,22,32H,6-9H2,1-3H3,(H,30,33);1-2,7-9H,3-6H2;4-5H,1-3H3,(H,15,16). The lowest BCUT2D eigenvalue weighted by molar-refractivity contribution is -0.123. The molecular weight excluding hydrogens is 899 g/mol. The summed E-state index contributed by atoms with van der Waals surface area (Å²) >= 11 is 0. The predicted molar refractivity (Wildman–Crippen MR) is 243 cm³/mol. The van der Waals surface area contributed by atoms with Gasteiger partial charge in [-0.3, -0.25) is 24.4 Å². The number of morpholine rings is 2. The van der Waals surface area contributed by atoms with Crippen molar-refractivity contribution < 1.29 is 55.3 Å². The first-order valence-corrected chi connectivity index (χ1v) is 21.4. The van der Waals surface area contributed by atoms with Crippen LogP contribution in [0.5, 0.6) is 0 Å². The van der Waals surface area contributed by atoms with Gasteiger partial charge in [-0.15, -0.1) is 0 Å². The van der Waals surface area contributed by atoms with Crippen LogP contribution in [0.25, 0.3) is 22.1 Å². The van der Waals surface area contributed by atoms with Crippen molar-refractivity contribution in [2.75, 3.05) is 73.0 Å². The fraction of sp³-hybridized carbons (Fsp3) is 0.354. The van der Waals surface area contributed by atoms with Crippen molar-refractivity contribution in [3.8, 4) is 0 Å². The van der Waals surface area contributed by atoms with E-state index in [1.165, 1.54) is 12.1 Å². The van der Waals surface area contributed by atoms with Crippen LogP contribution in [0.2, 0.25) is 0 Å². The van der Waals surface area contributed by atoms with E-state index in [9.17, 15) is 41.4 Å². The van der Waals surface area contributed by atoms with Crippen molar-refractivity contribution >= 4 is 63.2 Å². The van der Waals surface area contributed by atoms with Crippen LogP contribution in [0, 0.1) is 45.7 Å². The molecule has 1 atom stereocenters. The molecule has 1 unspecified atom stereocenters. The van der Waals surface area contributed by atoms with E-state index in [1.807, 2.05) is 11.0 Å². The topological polar surface area (TPSA) is 172 Å². The molecule has 0 saturated carbocycles. The summed E-state index contributed by atoms with van der Waals surface area (Å²) in [6.07, 6.45) is 2.37. The van der Waals surface area contributed by atoms with E-state index in [4.69, 9.17) is 9.47 Å². The monoisotopic (exact) mass is 948 g/mol. The average Bonchev–Trinajstić information content (AvgIpc) is 3.32. The lowest BCUT2D eigenvalue weighted by atomic mass is 9.95. The molecule has 2 aromatic heterocycles. The van der Waals surface area contributed by atoms with Gasteiger partial charge in [0.2, 0.25) is 11.8 Å². The van der Waals surface area contributed by atoms with Gasteiger partial charge in [0, 0.05) is 60.8 Å². The van der Waals surface area contributed by atoms with Gasteiger partial charge >= 0.3 is 0 Å². The number of anilines is 4. The van der Waals surface area contributed by atoms with Crippen LogP contribution in [-0.2, 0) is 19.1 Å². The largest absolute Gasteiger partial charge is 0.383 e. The summed E-state index contributed by atoms with van der Waals surface area (Å²) in [6, 6.07) is 11.3. The molecule has 360 valence electrons. The average molecular weight is 949 g/mol. The van der Waals surface area contributed by atoms with Gasteiger partial charge in [0.1, 0.15) is 29.8 Å². The van der Waals surface area contributed by atoms with Gasteiger partial charge < -0.3 is 35.0 Å². The van der Waals surface area contributed by atoms with E-state index in [2.05, 4.69) is 35.5 Å². The van der Waals surface area contributed by atoms with Crippen LogP contribution in [0.3, 0.4) is 0 Å². The van der Waals surface area contributed by atoms with E-state index >= 15 is 4.39 Å². The third kappa shape index (κ3) is 12.4. The fourth-order valence-corrected chi connectivity index (χ4v) is 6.53.